The number of aromatic nitrogens is 4. The SMILES string of the molecule is COCCn1nnnc1[C@H](c1ccc(Cl)cc1)N1CCN(c2ccc(F)cc2)CC1. The fraction of sp³-hybridized carbons (Fsp3) is 0.381. The van der Waals surface area contributed by atoms with Crippen LogP contribution in [0.15, 0.2) is 48.5 Å². The van der Waals surface area contributed by atoms with Crippen LogP contribution in [0.1, 0.15) is 17.4 Å². The van der Waals surface area contributed by atoms with Crippen LogP contribution in [0.4, 0.5) is 10.1 Å². The van der Waals surface area contributed by atoms with Gasteiger partial charge in [-0.25, -0.2) is 9.07 Å². The third-order valence-electron chi connectivity index (χ3n) is 5.37. The molecule has 1 aromatic heterocycles. The predicted molar refractivity (Wildman–Crippen MR) is 113 cm³/mol. The molecule has 0 amide bonds. The van der Waals surface area contributed by atoms with E-state index in [2.05, 4.69) is 25.3 Å². The Morgan fingerprint density at radius 1 is 1.03 bits per heavy atom. The molecule has 2 heterocycles. The van der Waals surface area contributed by atoms with Crippen LogP contribution < -0.4 is 4.90 Å². The highest BCUT2D eigenvalue weighted by Gasteiger charge is 2.30. The summed E-state index contributed by atoms with van der Waals surface area (Å²) in [7, 11) is 1.66. The maximum Gasteiger partial charge on any atom is 0.173 e. The van der Waals surface area contributed by atoms with E-state index in [0.29, 0.717) is 18.2 Å². The van der Waals surface area contributed by atoms with Gasteiger partial charge in [-0.15, -0.1) is 5.10 Å². The van der Waals surface area contributed by atoms with Gasteiger partial charge in [-0.05, 0) is 52.4 Å². The Morgan fingerprint density at radius 3 is 2.40 bits per heavy atom. The van der Waals surface area contributed by atoms with Crippen molar-refractivity contribution in [3.63, 3.8) is 0 Å². The Hall–Kier alpha value is -2.55. The Morgan fingerprint density at radius 2 is 1.73 bits per heavy atom. The zero-order valence-corrected chi connectivity index (χ0v) is 17.5. The molecule has 0 aliphatic carbocycles. The van der Waals surface area contributed by atoms with Crippen LogP contribution in [0.5, 0.6) is 0 Å². The minimum Gasteiger partial charge on any atom is -0.383 e. The number of halogens is 2. The van der Waals surface area contributed by atoms with Gasteiger partial charge < -0.3 is 9.64 Å². The van der Waals surface area contributed by atoms with Crippen molar-refractivity contribution in [1.82, 2.24) is 25.1 Å². The van der Waals surface area contributed by atoms with E-state index in [4.69, 9.17) is 16.3 Å². The van der Waals surface area contributed by atoms with Crippen molar-refractivity contribution in [2.45, 2.75) is 12.6 Å². The van der Waals surface area contributed by atoms with Gasteiger partial charge in [0.2, 0.25) is 0 Å². The average molecular weight is 431 g/mol. The number of ether oxygens (including phenoxy) is 1. The topological polar surface area (TPSA) is 59.3 Å². The summed E-state index contributed by atoms with van der Waals surface area (Å²) in [6, 6.07) is 14.4. The second kappa shape index (κ2) is 9.51. The molecule has 1 fully saturated rings. The van der Waals surface area contributed by atoms with Crippen LogP contribution in [0.3, 0.4) is 0 Å². The maximum absolute atomic E-state index is 13.3. The summed E-state index contributed by atoms with van der Waals surface area (Å²) in [5.74, 6) is 0.563. The molecular formula is C21H24ClFN6O. The Labute approximate surface area is 180 Å². The fourth-order valence-electron chi connectivity index (χ4n) is 3.80. The summed E-state index contributed by atoms with van der Waals surface area (Å²) in [6.07, 6.45) is 0. The number of tetrazole rings is 1. The molecule has 1 atom stereocenters. The number of rotatable bonds is 7. The molecule has 3 aromatic rings. The van der Waals surface area contributed by atoms with Gasteiger partial charge in [0.05, 0.1) is 19.2 Å². The lowest BCUT2D eigenvalue weighted by molar-refractivity contribution is 0.172. The quantitative estimate of drug-likeness (QED) is 0.574. The molecule has 7 nitrogen and oxygen atoms in total. The lowest BCUT2D eigenvalue weighted by Gasteiger charge is -2.40. The van der Waals surface area contributed by atoms with Gasteiger partial charge in [-0.3, -0.25) is 4.90 Å². The molecule has 158 valence electrons. The van der Waals surface area contributed by atoms with Gasteiger partial charge in [0.1, 0.15) is 5.82 Å². The molecule has 0 bridgehead atoms. The molecule has 1 aliphatic heterocycles. The van der Waals surface area contributed by atoms with Crippen LogP contribution in [0.25, 0.3) is 0 Å². The van der Waals surface area contributed by atoms with Crippen molar-refractivity contribution >= 4 is 17.3 Å². The number of hydrogen-bond donors (Lipinski definition) is 0. The third kappa shape index (κ3) is 4.61. The van der Waals surface area contributed by atoms with Gasteiger partial charge in [0.15, 0.2) is 5.82 Å². The standard InChI is InChI=1S/C21H24ClFN6O/c1-30-15-14-29-21(24-25-26-29)20(16-2-4-17(22)5-3-16)28-12-10-27(11-13-28)19-8-6-18(23)7-9-19/h2-9,20H,10-15H2,1H3/t20-/m0/s1. The second-order valence-electron chi connectivity index (χ2n) is 7.21. The van der Waals surface area contributed by atoms with Crippen molar-refractivity contribution in [3.05, 3.63) is 70.8 Å². The summed E-state index contributed by atoms with van der Waals surface area (Å²) in [6.45, 7) is 4.41. The summed E-state index contributed by atoms with van der Waals surface area (Å²) in [5, 5.41) is 13.1. The predicted octanol–water partition coefficient (Wildman–Crippen LogP) is 3.02. The Bertz CT molecular complexity index is 941. The van der Waals surface area contributed by atoms with Crippen LogP contribution in [-0.4, -0.2) is 65.0 Å². The first kappa shape index (κ1) is 20.7. The van der Waals surface area contributed by atoms with Gasteiger partial charge >= 0.3 is 0 Å². The number of hydrogen-bond acceptors (Lipinski definition) is 6. The largest absolute Gasteiger partial charge is 0.383 e. The average Bonchev–Trinajstić information content (AvgIpc) is 3.23. The first-order valence-corrected chi connectivity index (χ1v) is 10.3. The van der Waals surface area contributed by atoms with Crippen molar-refractivity contribution in [1.29, 1.82) is 0 Å². The third-order valence-corrected chi connectivity index (χ3v) is 5.62. The van der Waals surface area contributed by atoms with Crippen LogP contribution in [-0.2, 0) is 11.3 Å². The smallest absolute Gasteiger partial charge is 0.173 e. The summed E-state index contributed by atoms with van der Waals surface area (Å²) in [4.78, 5) is 4.64. The molecule has 30 heavy (non-hydrogen) atoms. The van der Waals surface area contributed by atoms with Gasteiger partial charge in [0.25, 0.3) is 0 Å². The highest BCUT2D eigenvalue weighted by molar-refractivity contribution is 6.30. The first-order valence-electron chi connectivity index (χ1n) is 9.91. The molecule has 0 radical (unpaired) electrons. The van der Waals surface area contributed by atoms with Crippen molar-refractivity contribution in [3.8, 4) is 0 Å². The number of benzene rings is 2. The number of nitrogens with zero attached hydrogens (tertiary/aromatic N) is 6. The van der Waals surface area contributed by atoms with E-state index in [0.717, 1.165) is 43.3 Å². The van der Waals surface area contributed by atoms with Gasteiger partial charge in [-0.2, -0.15) is 0 Å². The van der Waals surface area contributed by atoms with E-state index in [1.807, 2.05) is 36.4 Å². The van der Waals surface area contributed by atoms with Crippen molar-refractivity contribution in [2.24, 2.45) is 0 Å². The summed E-state index contributed by atoms with van der Waals surface area (Å²) in [5.41, 5.74) is 2.12. The van der Waals surface area contributed by atoms with E-state index in [9.17, 15) is 4.39 Å². The minimum atomic E-state index is -0.219. The van der Waals surface area contributed by atoms with Crippen molar-refractivity contribution < 1.29 is 9.13 Å². The summed E-state index contributed by atoms with van der Waals surface area (Å²) < 4.78 is 20.3. The molecule has 2 aromatic carbocycles. The molecule has 1 saturated heterocycles. The Balaban J connectivity index is 1.57. The zero-order chi connectivity index (χ0) is 20.9. The van der Waals surface area contributed by atoms with E-state index in [-0.39, 0.29) is 11.9 Å². The molecule has 1 aliphatic rings. The molecule has 4 rings (SSSR count). The number of anilines is 1. The zero-order valence-electron chi connectivity index (χ0n) is 16.8. The fourth-order valence-corrected chi connectivity index (χ4v) is 3.93. The maximum atomic E-state index is 13.3. The lowest BCUT2D eigenvalue weighted by atomic mass is 10.0. The molecule has 0 N–H and O–H groups in total. The van der Waals surface area contributed by atoms with Gasteiger partial charge in [-0.1, -0.05) is 23.7 Å². The molecule has 0 saturated carbocycles. The van der Waals surface area contributed by atoms with E-state index < -0.39 is 0 Å². The van der Waals surface area contributed by atoms with E-state index in [1.54, 1.807) is 11.8 Å². The van der Waals surface area contributed by atoms with Crippen molar-refractivity contribution in [2.75, 3.05) is 44.8 Å². The van der Waals surface area contributed by atoms with Crippen LogP contribution in [0, 0.1) is 5.82 Å². The normalized spacial score (nSPS) is 16.0. The highest BCUT2D eigenvalue weighted by atomic mass is 35.5. The molecule has 0 unspecified atom stereocenters. The molecular weight excluding hydrogens is 407 g/mol. The molecule has 0 spiro atoms. The van der Waals surface area contributed by atoms with Gasteiger partial charge in [0, 0.05) is 44.0 Å². The van der Waals surface area contributed by atoms with E-state index >= 15 is 0 Å². The highest BCUT2D eigenvalue weighted by Crippen LogP contribution is 2.30. The van der Waals surface area contributed by atoms with Crippen LogP contribution >= 0.6 is 11.6 Å². The lowest BCUT2D eigenvalue weighted by Crippen LogP contribution is -2.48. The minimum absolute atomic E-state index is 0.0931. The number of methoxy groups -OCH3 is 1. The second-order valence-corrected chi connectivity index (χ2v) is 7.64. The number of piperazine rings is 1. The first-order chi connectivity index (χ1) is 14.7. The van der Waals surface area contributed by atoms with E-state index in [1.165, 1.54) is 12.1 Å². The van der Waals surface area contributed by atoms with Crippen LogP contribution in [0.2, 0.25) is 5.02 Å². The Kier molecular flexibility index (Phi) is 6.56. The summed E-state index contributed by atoms with van der Waals surface area (Å²) >= 11 is 6.12. The monoisotopic (exact) mass is 430 g/mol. The molecule has 9 heteroatoms.